The van der Waals surface area contributed by atoms with E-state index in [2.05, 4.69) is 15.9 Å². The Kier molecular flexibility index (Phi) is 4.12. The first-order valence-corrected chi connectivity index (χ1v) is 6.32. The van der Waals surface area contributed by atoms with E-state index in [1.54, 1.807) is 12.1 Å². The second-order valence-corrected chi connectivity index (χ2v) is 4.83. The molecule has 0 heterocycles. The highest BCUT2D eigenvalue weighted by molar-refractivity contribution is 9.10. The standard InChI is InChI=1S/C15H10BrFO2/c16-12-5-1-10(14(17)9-12)4-8-15(19)11-2-6-13(18)7-3-11/h1-9,18H. The molecule has 0 radical (unpaired) electrons. The van der Waals surface area contributed by atoms with Crippen LogP contribution in [-0.2, 0) is 0 Å². The fraction of sp³-hybridized carbons (Fsp3) is 0. The summed E-state index contributed by atoms with van der Waals surface area (Å²) in [7, 11) is 0. The third kappa shape index (κ3) is 3.51. The van der Waals surface area contributed by atoms with Gasteiger partial charge in [0.25, 0.3) is 0 Å². The van der Waals surface area contributed by atoms with Crippen LogP contribution in [0.5, 0.6) is 5.75 Å². The van der Waals surface area contributed by atoms with Crippen LogP contribution in [0.2, 0.25) is 0 Å². The van der Waals surface area contributed by atoms with E-state index >= 15 is 0 Å². The van der Waals surface area contributed by atoms with Crippen molar-refractivity contribution in [3.63, 3.8) is 0 Å². The largest absolute Gasteiger partial charge is 0.508 e. The number of halogens is 2. The van der Waals surface area contributed by atoms with Crippen LogP contribution in [-0.4, -0.2) is 10.9 Å². The molecule has 2 aromatic carbocycles. The first-order chi connectivity index (χ1) is 9.06. The van der Waals surface area contributed by atoms with E-state index in [0.29, 0.717) is 15.6 Å². The fourth-order valence-corrected chi connectivity index (χ4v) is 1.86. The molecule has 0 saturated carbocycles. The molecule has 2 nitrogen and oxygen atoms in total. The van der Waals surface area contributed by atoms with Crippen LogP contribution in [0.15, 0.2) is 53.0 Å². The molecule has 4 heteroatoms. The van der Waals surface area contributed by atoms with Gasteiger partial charge in [-0.3, -0.25) is 4.79 Å². The van der Waals surface area contributed by atoms with Crippen LogP contribution >= 0.6 is 15.9 Å². The lowest BCUT2D eigenvalue weighted by atomic mass is 10.1. The van der Waals surface area contributed by atoms with Gasteiger partial charge >= 0.3 is 0 Å². The maximum atomic E-state index is 13.5. The van der Waals surface area contributed by atoms with Crippen molar-refractivity contribution in [1.29, 1.82) is 0 Å². The fourth-order valence-electron chi connectivity index (χ4n) is 1.52. The molecule has 0 aliphatic carbocycles. The molecule has 2 aromatic rings. The van der Waals surface area contributed by atoms with Crippen LogP contribution in [0.1, 0.15) is 15.9 Å². The van der Waals surface area contributed by atoms with E-state index in [9.17, 15) is 9.18 Å². The molecule has 0 saturated heterocycles. The van der Waals surface area contributed by atoms with Gasteiger partial charge in [-0.1, -0.05) is 22.0 Å². The predicted molar refractivity (Wildman–Crippen MR) is 75.6 cm³/mol. The Balaban J connectivity index is 2.18. The van der Waals surface area contributed by atoms with Crippen molar-refractivity contribution in [1.82, 2.24) is 0 Å². The average molecular weight is 321 g/mol. The molecule has 96 valence electrons. The van der Waals surface area contributed by atoms with Crippen LogP contribution in [0.4, 0.5) is 4.39 Å². The van der Waals surface area contributed by atoms with Crippen LogP contribution in [0.3, 0.4) is 0 Å². The van der Waals surface area contributed by atoms with Gasteiger partial charge in [0, 0.05) is 15.6 Å². The predicted octanol–water partition coefficient (Wildman–Crippen LogP) is 4.19. The summed E-state index contributed by atoms with van der Waals surface area (Å²) in [6.45, 7) is 0. The van der Waals surface area contributed by atoms with Crippen LogP contribution < -0.4 is 0 Å². The molecular weight excluding hydrogens is 311 g/mol. The molecule has 19 heavy (non-hydrogen) atoms. The number of rotatable bonds is 3. The minimum atomic E-state index is -0.399. The van der Waals surface area contributed by atoms with Gasteiger partial charge in [-0.05, 0) is 48.6 Å². The Labute approximate surface area is 118 Å². The number of phenolic OH excluding ortho intramolecular Hbond substituents is 1. The Morgan fingerprint density at radius 2 is 1.84 bits per heavy atom. The van der Waals surface area contributed by atoms with E-state index in [4.69, 9.17) is 5.11 Å². The molecule has 0 bridgehead atoms. The highest BCUT2D eigenvalue weighted by atomic mass is 79.9. The van der Waals surface area contributed by atoms with Gasteiger partial charge in [-0.15, -0.1) is 0 Å². The molecule has 0 spiro atoms. The molecule has 0 aliphatic rings. The Morgan fingerprint density at radius 3 is 2.47 bits per heavy atom. The van der Waals surface area contributed by atoms with Gasteiger partial charge in [0.1, 0.15) is 11.6 Å². The first-order valence-electron chi connectivity index (χ1n) is 5.53. The van der Waals surface area contributed by atoms with E-state index in [0.717, 1.165) is 0 Å². The van der Waals surface area contributed by atoms with Gasteiger partial charge in [-0.2, -0.15) is 0 Å². The number of carbonyl (C=O) groups is 1. The van der Waals surface area contributed by atoms with Gasteiger partial charge in [-0.25, -0.2) is 4.39 Å². The van der Waals surface area contributed by atoms with Crippen molar-refractivity contribution in [3.8, 4) is 5.75 Å². The maximum absolute atomic E-state index is 13.5. The third-order valence-corrected chi connectivity index (χ3v) is 3.02. The lowest BCUT2D eigenvalue weighted by Gasteiger charge is -1.98. The molecular formula is C15H10BrFO2. The molecule has 0 fully saturated rings. The average Bonchev–Trinajstić information content (AvgIpc) is 2.38. The summed E-state index contributed by atoms with van der Waals surface area (Å²) in [5, 5.41) is 9.13. The molecule has 0 amide bonds. The van der Waals surface area contributed by atoms with Crippen molar-refractivity contribution in [2.45, 2.75) is 0 Å². The summed E-state index contributed by atoms with van der Waals surface area (Å²) < 4.78 is 14.2. The first kappa shape index (κ1) is 13.5. The minimum Gasteiger partial charge on any atom is -0.508 e. The number of aromatic hydroxyl groups is 1. The van der Waals surface area contributed by atoms with Crippen molar-refractivity contribution in [2.75, 3.05) is 0 Å². The van der Waals surface area contributed by atoms with Crippen molar-refractivity contribution in [2.24, 2.45) is 0 Å². The monoisotopic (exact) mass is 320 g/mol. The van der Waals surface area contributed by atoms with Crippen molar-refractivity contribution in [3.05, 3.63) is 70.0 Å². The highest BCUT2D eigenvalue weighted by Gasteiger charge is 2.03. The number of hydrogen-bond donors (Lipinski definition) is 1. The molecule has 0 aliphatic heterocycles. The number of ketones is 1. The van der Waals surface area contributed by atoms with Crippen molar-refractivity contribution >= 4 is 27.8 Å². The minimum absolute atomic E-state index is 0.0967. The normalized spacial score (nSPS) is 10.8. The van der Waals surface area contributed by atoms with E-state index in [1.165, 1.54) is 42.5 Å². The molecule has 2 rings (SSSR count). The van der Waals surface area contributed by atoms with Gasteiger partial charge < -0.3 is 5.11 Å². The summed E-state index contributed by atoms with van der Waals surface area (Å²) >= 11 is 3.17. The maximum Gasteiger partial charge on any atom is 0.185 e. The van der Waals surface area contributed by atoms with E-state index in [-0.39, 0.29) is 11.5 Å². The number of carbonyl (C=O) groups excluding carboxylic acids is 1. The summed E-state index contributed by atoms with van der Waals surface area (Å²) in [5.74, 6) is -0.550. The highest BCUT2D eigenvalue weighted by Crippen LogP contribution is 2.17. The van der Waals surface area contributed by atoms with Crippen molar-refractivity contribution < 1.29 is 14.3 Å². The van der Waals surface area contributed by atoms with Gasteiger partial charge in [0.05, 0.1) is 0 Å². The molecule has 0 atom stereocenters. The lowest BCUT2D eigenvalue weighted by molar-refractivity contribution is 0.104. The molecule has 0 aromatic heterocycles. The number of phenols is 1. The molecule has 1 N–H and O–H groups in total. The molecule has 0 unspecified atom stereocenters. The van der Waals surface area contributed by atoms with Gasteiger partial charge in [0.15, 0.2) is 5.78 Å². The number of benzene rings is 2. The topological polar surface area (TPSA) is 37.3 Å². The number of allylic oxidation sites excluding steroid dienone is 1. The van der Waals surface area contributed by atoms with Crippen LogP contribution in [0, 0.1) is 5.82 Å². The SMILES string of the molecule is O=C(C=Cc1ccc(Br)cc1F)c1ccc(O)cc1. The second-order valence-electron chi connectivity index (χ2n) is 3.91. The summed E-state index contributed by atoms with van der Waals surface area (Å²) in [5.41, 5.74) is 0.780. The summed E-state index contributed by atoms with van der Waals surface area (Å²) in [4.78, 5) is 11.8. The van der Waals surface area contributed by atoms with Crippen LogP contribution in [0.25, 0.3) is 6.08 Å². The lowest BCUT2D eigenvalue weighted by Crippen LogP contribution is -1.93. The smallest absolute Gasteiger partial charge is 0.185 e. The Bertz CT molecular complexity index is 633. The zero-order chi connectivity index (χ0) is 13.8. The third-order valence-electron chi connectivity index (χ3n) is 2.53. The quantitative estimate of drug-likeness (QED) is 0.680. The Hall–Kier alpha value is -1.94. The Morgan fingerprint density at radius 1 is 1.16 bits per heavy atom. The summed E-state index contributed by atoms with van der Waals surface area (Å²) in [6.07, 6.45) is 2.73. The second kappa shape index (κ2) is 5.80. The van der Waals surface area contributed by atoms with E-state index < -0.39 is 5.82 Å². The zero-order valence-corrected chi connectivity index (χ0v) is 11.4. The summed E-state index contributed by atoms with van der Waals surface area (Å²) in [6, 6.07) is 10.5. The number of hydrogen-bond acceptors (Lipinski definition) is 2. The zero-order valence-electron chi connectivity index (χ0n) is 9.81. The van der Waals surface area contributed by atoms with Gasteiger partial charge in [0.2, 0.25) is 0 Å². The van der Waals surface area contributed by atoms with E-state index in [1.807, 2.05) is 0 Å².